The second kappa shape index (κ2) is 5.44. The van der Waals surface area contributed by atoms with Crippen molar-refractivity contribution in [3.05, 3.63) is 34.0 Å². The molecular weight excluding hydrogens is 306 g/mol. The first-order valence-electron chi connectivity index (χ1n) is 5.46. The van der Waals surface area contributed by atoms with Crippen LogP contribution in [0.3, 0.4) is 0 Å². The van der Waals surface area contributed by atoms with Gasteiger partial charge in [0.25, 0.3) is 0 Å². The molecule has 0 atom stereocenters. The number of anilines is 2. The van der Waals surface area contributed by atoms with E-state index in [-0.39, 0.29) is 0 Å². The monoisotopic (exact) mass is 317 g/mol. The quantitative estimate of drug-likeness (QED) is 0.870. The fourth-order valence-electron chi connectivity index (χ4n) is 1.65. The summed E-state index contributed by atoms with van der Waals surface area (Å²) in [4.78, 5) is 8.64. The van der Waals surface area contributed by atoms with Gasteiger partial charge in [-0.3, -0.25) is 0 Å². The minimum atomic E-state index is -3.51. The van der Waals surface area contributed by atoms with Gasteiger partial charge in [0.2, 0.25) is 10.0 Å². The van der Waals surface area contributed by atoms with E-state index in [4.69, 9.17) is 11.6 Å². The van der Waals surface area contributed by atoms with Crippen molar-refractivity contribution in [1.29, 1.82) is 0 Å². The maximum Gasteiger partial charge on any atom is 0.236 e. The number of thiophene rings is 1. The fraction of sp³-hybridized carbons (Fsp3) is 0.273. The molecule has 2 aromatic heterocycles. The Labute approximate surface area is 120 Å². The van der Waals surface area contributed by atoms with Crippen LogP contribution in [0.4, 0.5) is 11.4 Å². The molecule has 2 aromatic rings. The predicted molar refractivity (Wildman–Crippen MR) is 77.7 cm³/mol. The summed E-state index contributed by atoms with van der Waals surface area (Å²) in [5.41, 5.74) is 0.813. The Morgan fingerprint density at radius 1 is 1.37 bits per heavy atom. The van der Waals surface area contributed by atoms with Crippen LogP contribution in [0, 0.1) is 0 Å². The lowest BCUT2D eigenvalue weighted by molar-refractivity contribution is 0.602. The Hall–Kier alpha value is -1.18. The van der Waals surface area contributed by atoms with Crippen molar-refractivity contribution in [3.8, 4) is 0 Å². The Bertz CT molecular complexity index is 671. The first-order chi connectivity index (χ1) is 8.95. The number of rotatable bonds is 4. The molecule has 0 radical (unpaired) electrons. The van der Waals surface area contributed by atoms with Crippen molar-refractivity contribution in [2.75, 3.05) is 10.6 Å². The molecule has 0 amide bonds. The fourth-order valence-corrected chi connectivity index (χ4v) is 4.07. The zero-order valence-corrected chi connectivity index (χ0v) is 12.8. The van der Waals surface area contributed by atoms with Crippen LogP contribution in [0.1, 0.15) is 11.8 Å². The summed E-state index contributed by atoms with van der Waals surface area (Å²) in [6.45, 7) is 1.97. The van der Waals surface area contributed by atoms with Gasteiger partial charge >= 0.3 is 0 Å². The first kappa shape index (κ1) is 14.2. The molecule has 0 aliphatic rings. The maximum atomic E-state index is 12.0. The molecule has 19 heavy (non-hydrogen) atoms. The third kappa shape index (κ3) is 2.88. The minimum absolute atomic E-state index is 0.368. The van der Waals surface area contributed by atoms with Gasteiger partial charge in [0, 0.05) is 10.3 Å². The van der Waals surface area contributed by atoms with Gasteiger partial charge in [-0.25, -0.2) is 22.7 Å². The number of aromatic nitrogens is 2. The van der Waals surface area contributed by atoms with Crippen LogP contribution in [-0.2, 0) is 16.4 Å². The van der Waals surface area contributed by atoms with Crippen LogP contribution in [0.25, 0.3) is 0 Å². The lowest BCUT2D eigenvalue weighted by Crippen LogP contribution is -2.24. The molecule has 102 valence electrons. The lowest BCUT2D eigenvalue weighted by atomic mass is 10.3. The van der Waals surface area contributed by atoms with Crippen LogP contribution in [0.2, 0.25) is 5.02 Å². The molecule has 0 aromatic carbocycles. The zero-order chi connectivity index (χ0) is 14.0. The number of hydrogen-bond acceptors (Lipinski definition) is 5. The molecule has 0 unspecified atom stereocenters. The molecular formula is C11H12ClN3O2S2. The van der Waals surface area contributed by atoms with Crippen molar-refractivity contribution in [1.82, 2.24) is 9.97 Å². The highest BCUT2D eigenvalue weighted by molar-refractivity contribution is 7.92. The third-order valence-electron chi connectivity index (χ3n) is 2.44. The summed E-state index contributed by atoms with van der Waals surface area (Å²) in [7, 11) is -3.51. The van der Waals surface area contributed by atoms with E-state index in [2.05, 4.69) is 9.97 Å². The first-order valence-corrected chi connectivity index (χ1v) is 8.57. The molecule has 5 nitrogen and oxygen atoms in total. The van der Waals surface area contributed by atoms with Crippen LogP contribution in [-0.4, -0.2) is 24.6 Å². The normalized spacial score (nSPS) is 11.5. The maximum absolute atomic E-state index is 12.0. The summed E-state index contributed by atoms with van der Waals surface area (Å²) >= 11 is 7.68. The summed E-state index contributed by atoms with van der Waals surface area (Å²) in [5, 5.41) is 2.19. The molecule has 0 spiro atoms. The topological polar surface area (TPSA) is 63.2 Å². The van der Waals surface area contributed by atoms with Gasteiger partial charge in [-0.15, -0.1) is 11.3 Å². The van der Waals surface area contributed by atoms with E-state index < -0.39 is 10.0 Å². The van der Waals surface area contributed by atoms with Crippen LogP contribution in [0.5, 0.6) is 0 Å². The largest absolute Gasteiger partial charge is 0.243 e. The molecule has 0 fully saturated rings. The van der Waals surface area contributed by atoms with Gasteiger partial charge in [0.15, 0.2) is 0 Å². The second-order valence-corrected chi connectivity index (χ2v) is 7.01. The number of sulfonamides is 1. The van der Waals surface area contributed by atoms with E-state index in [1.807, 2.05) is 6.92 Å². The van der Waals surface area contributed by atoms with Crippen molar-refractivity contribution in [3.63, 3.8) is 0 Å². The van der Waals surface area contributed by atoms with Crippen molar-refractivity contribution >= 4 is 44.3 Å². The van der Waals surface area contributed by atoms with Crippen LogP contribution >= 0.6 is 22.9 Å². The van der Waals surface area contributed by atoms with E-state index in [0.717, 1.165) is 21.9 Å². The molecule has 8 heteroatoms. The van der Waals surface area contributed by atoms with E-state index in [0.29, 0.717) is 16.4 Å². The highest BCUT2D eigenvalue weighted by Crippen LogP contribution is 2.39. The Morgan fingerprint density at radius 2 is 2.00 bits per heavy atom. The predicted octanol–water partition coefficient (Wildman–Crippen LogP) is 2.85. The highest BCUT2D eigenvalue weighted by atomic mass is 35.5. The summed E-state index contributed by atoms with van der Waals surface area (Å²) < 4.78 is 25.2. The molecule has 2 rings (SSSR count). The number of hydrogen-bond donors (Lipinski definition) is 0. The molecule has 0 saturated carbocycles. The van der Waals surface area contributed by atoms with E-state index >= 15 is 0 Å². The summed E-state index contributed by atoms with van der Waals surface area (Å²) in [6.07, 6.45) is 6.10. The van der Waals surface area contributed by atoms with E-state index in [9.17, 15) is 8.42 Å². The van der Waals surface area contributed by atoms with Gasteiger partial charge in [-0.05, 0) is 6.42 Å². The van der Waals surface area contributed by atoms with Crippen molar-refractivity contribution in [2.45, 2.75) is 13.3 Å². The van der Waals surface area contributed by atoms with Crippen LogP contribution in [0.15, 0.2) is 24.1 Å². The number of aryl methyl sites for hydroxylation is 1. The SMILES string of the molecule is CCc1scc(N(c2cncnc2)S(C)(=O)=O)c1Cl. The second-order valence-electron chi connectivity index (χ2n) is 3.84. The number of nitrogens with zero attached hydrogens (tertiary/aromatic N) is 3. The number of halogens is 1. The summed E-state index contributed by atoms with van der Waals surface area (Å²) in [6, 6.07) is 0. The van der Waals surface area contributed by atoms with Gasteiger partial charge in [-0.2, -0.15) is 0 Å². The van der Waals surface area contributed by atoms with E-state index in [1.54, 1.807) is 5.38 Å². The Kier molecular flexibility index (Phi) is 4.07. The van der Waals surface area contributed by atoms with Crippen molar-refractivity contribution < 1.29 is 8.42 Å². The van der Waals surface area contributed by atoms with Gasteiger partial charge in [0.1, 0.15) is 6.33 Å². The van der Waals surface area contributed by atoms with Gasteiger partial charge in [-0.1, -0.05) is 18.5 Å². The minimum Gasteiger partial charge on any atom is -0.243 e. The van der Waals surface area contributed by atoms with Gasteiger partial charge < -0.3 is 0 Å². The van der Waals surface area contributed by atoms with Crippen molar-refractivity contribution in [2.24, 2.45) is 0 Å². The van der Waals surface area contributed by atoms with Gasteiger partial charge in [0.05, 0.1) is 35.0 Å². The average Bonchev–Trinajstić information content (AvgIpc) is 2.71. The average molecular weight is 318 g/mol. The molecule has 0 N–H and O–H groups in total. The molecule has 2 heterocycles. The molecule has 0 bridgehead atoms. The standard InChI is InChI=1S/C11H12ClN3O2S2/c1-3-10-11(12)9(6-18-10)15(19(2,16)17)8-4-13-7-14-5-8/h4-7H,3H2,1-2H3. The highest BCUT2D eigenvalue weighted by Gasteiger charge is 2.24. The van der Waals surface area contributed by atoms with Crippen LogP contribution < -0.4 is 4.31 Å². The Balaban J connectivity index is 2.60. The summed E-state index contributed by atoms with van der Waals surface area (Å²) in [5.74, 6) is 0. The smallest absolute Gasteiger partial charge is 0.236 e. The van der Waals surface area contributed by atoms with E-state index in [1.165, 1.54) is 30.1 Å². The molecule has 0 aliphatic heterocycles. The molecule has 0 aliphatic carbocycles. The zero-order valence-electron chi connectivity index (χ0n) is 10.4. The molecule has 0 saturated heterocycles. The third-order valence-corrected chi connectivity index (χ3v) is 5.16. The Morgan fingerprint density at radius 3 is 2.47 bits per heavy atom. The lowest BCUT2D eigenvalue weighted by Gasteiger charge is -2.20.